The standard InChI is InChI=1S/C15H24O2.C4H10/c1-12(2)13-8-9-15(17-3)14(11-13)7-5-4-6-10-16;1-4(2)3/h8-9,11-12,16H,4-7,10H2,1-3H3;4H,1-3H3. The average Bonchev–Trinajstić information content (AvgIpc) is 2.42. The van der Waals surface area contributed by atoms with E-state index in [2.05, 4.69) is 52.8 Å². The monoisotopic (exact) mass is 294 g/mol. The van der Waals surface area contributed by atoms with Crippen LogP contribution in [0.3, 0.4) is 0 Å². The van der Waals surface area contributed by atoms with Crippen LogP contribution in [0.2, 0.25) is 0 Å². The maximum absolute atomic E-state index is 8.76. The van der Waals surface area contributed by atoms with E-state index >= 15 is 0 Å². The first-order valence-electron chi connectivity index (χ1n) is 8.20. The molecule has 0 saturated carbocycles. The van der Waals surface area contributed by atoms with Crippen molar-refractivity contribution in [1.82, 2.24) is 0 Å². The van der Waals surface area contributed by atoms with Crippen molar-refractivity contribution < 1.29 is 9.84 Å². The zero-order valence-electron chi connectivity index (χ0n) is 14.8. The Morgan fingerprint density at radius 2 is 1.62 bits per heavy atom. The molecule has 0 radical (unpaired) electrons. The maximum Gasteiger partial charge on any atom is 0.122 e. The fraction of sp³-hybridized carbons (Fsp3) is 0.684. The number of methoxy groups -OCH3 is 1. The fourth-order valence-corrected chi connectivity index (χ4v) is 1.96. The molecule has 0 aliphatic carbocycles. The summed E-state index contributed by atoms with van der Waals surface area (Å²) >= 11 is 0. The van der Waals surface area contributed by atoms with Gasteiger partial charge in [0.15, 0.2) is 0 Å². The van der Waals surface area contributed by atoms with Crippen molar-refractivity contribution in [3.63, 3.8) is 0 Å². The Morgan fingerprint density at radius 1 is 1.00 bits per heavy atom. The second-order valence-corrected chi connectivity index (χ2v) is 6.49. The first-order chi connectivity index (χ1) is 9.92. The lowest BCUT2D eigenvalue weighted by atomic mass is 9.97. The molecule has 122 valence electrons. The Labute approximate surface area is 131 Å². The molecule has 0 bridgehead atoms. The molecule has 1 aromatic carbocycles. The summed E-state index contributed by atoms with van der Waals surface area (Å²) in [6, 6.07) is 6.46. The number of hydrogen-bond acceptors (Lipinski definition) is 2. The Hall–Kier alpha value is -1.02. The topological polar surface area (TPSA) is 29.5 Å². The smallest absolute Gasteiger partial charge is 0.122 e. The van der Waals surface area contributed by atoms with Crippen molar-refractivity contribution in [2.75, 3.05) is 13.7 Å². The van der Waals surface area contributed by atoms with E-state index < -0.39 is 0 Å². The first kappa shape index (κ1) is 20.0. The first-order valence-corrected chi connectivity index (χ1v) is 8.20. The summed E-state index contributed by atoms with van der Waals surface area (Å²) in [7, 11) is 1.72. The number of aliphatic hydroxyl groups excluding tert-OH is 1. The van der Waals surface area contributed by atoms with Gasteiger partial charge in [0.05, 0.1) is 7.11 Å². The summed E-state index contributed by atoms with van der Waals surface area (Å²) < 4.78 is 5.39. The number of aryl methyl sites for hydroxylation is 1. The van der Waals surface area contributed by atoms with E-state index in [4.69, 9.17) is 9.84 Å². The van der Waals surface area contributed by atoms with Crippen LogP contribution in [0, 0.1) is 5.92 Å². The number of unbranched alkanes of at least 4 members (excludes halogenated alkanes) is 2. The highest BCUT2D eigenvalue weighted by atomic mass is 16.5. The summed E-state index contributed by atoms with van der Waals surface area (Å²) in [5.41, 5.74) is 2.65. The molecule has 1 aromatic rings. The molecule has 1 rings (SSSR count). The fourth-order valence-electron chi connectivity index (χ4n) is 1.96. The highest BCUT2D eigenvalue weighted by Gasteiger charge is 2.06. The number of benzene rings is 1. The molecule has 2 nitrogen and oxygen atoms in total. The van der Waals surface area contributed by atoms with Gasteiger partial charge in [-0.25, -0.2) is 0 Å². The summed E-state index contributed by atoms with van der Waals surface area (Å²) in [6.07, 6.45) is 4.11. The number of aliphatic hydroxyl groups is 1. The van der Waals surface area contributed by atoms with Crippen LogP contribution in [0.1, 0.15) is 70.9 Å². The molecule has 0 spiro atoms. The molecule has 0 aliphatic rings. The minimum Gasteiger partial charge on any atom is -0.496 e. The molecule has 0 amide bonds. The molecule has 0 unspecified atom stereocenters. The van der Waals surface area contributed by atoms with Gasteiger partial charge in [0.25, 0.3) is 0 Å². The lowest BCUT2D eigenvalue weighted by Crippen LogP contribution is -1.96. The quantitative estimate of drug-likeness (QED) is 0.702. The van der Waals surface area contributed by atoms with Crippen LogP contribution in [0.4, 0.5) is 0 Å². The summed E-state index contributed by atoms with van der Waals surface area (Å²) in [5, 5.41) is 8.76. The Kier molecular flexibility index (Phi) is 11.1. The van der Waals surface area contributed by atoms with Gasteiger partial charge in [-0.1, -0.05) is 53.2 Å². The van der Waals surface area contributed by atoms with Gasteiger partial charge >= 0.3 is 0 Å². The lowest BCUT2D eigenvalue weighted by Gasteiger charge is -2.12. The minimum atomic E-state index is 0.295. The van der Waals surface area contributed by atoms with Gasteiger partial charge < -0.3 is 9.84 Å². The largest absolute Gasteiger partial charge is 0.496 e. The number of ether oxygens (including phenoxy) is 1. The third-order valence-electron chi connectivity index (χ3n) is 3.08. The zero-order chi connectivity index (χ0) is 16.3. The summed E-state index contributed by atoms with van der Waals surface area (Å²) in [4.78, 5) is 0. The van der Waals surface area contributed by atoms with Gasteiger partial charge in [0, 0.05) is 6.61 Å². The SMILES string of the molecule is CC(C)C.COc1ccc(C(C)C)cc1CCCCCO. The van der Waals surface area contributed by atoms with Gasteiger partial charge in [0.1, 0.15) is 5.75 Å². The van der Waals surface area contributed by atoms with E-state index in [0.29, 0.717) is 12.5 Å². The van der Waals surface area contributed by atoms with Crippen molar-refractivity contribution in [2.45, 2.75) is 66.2 Å². The predicted octanol–water partition coefficient (Wildman–Crippen LogP) is 5.19. The Bertz CT molecular complexity index is 367. The van der Waals surface area contributed by atoms with E-state index in [-0.39, 0.29) is 0 Å². The van der Waals surface area contributed by atoms with Gasteiger partial charge in [-0.2, -0.15) is 0 Å². The van der Waals surface area contributed by atoms with Crippen LogP contribution < -0.4 is 4.74 Å². The van der Waals surface area contributed by atoms with E-state index in [1.807, 2.05) is 0 Å². The molecule has 0 heterocycles. The lowest BCUT2D eigenvalue weighted by molar-refractivity contribution is 0.283. The molecule has 0 atom stereocenters. The van der Waals surface area contributed by atoms with Gasteiger partial charge in [-0.15, -0.1) is 0 Å². The third kappa shape index (κ3) is 9.52. The van der Waals surface area contributed by atoms with Crippen molar-refractivity contribution in [2.24, 2.45) is 5.92 Å². The van der Waals surface area contributed by atoms with E-state index in [1.54, 1.807) is 7.11 Å². The van der Waals surface area contributed by atoms with Crippen LogP contribution in [0.5, 0.6) is 5.75 Å². The van der Waals surface area contributed by atoms with Crippen LogP contribution in [0.15, 0.2) is 18.2 Å². The number of rotatable bonds is 7. The Balaban J connectivity index is 0.000000885. The van der Waals surface area contributed by atoms with Crippen molar-refractivity contribution in [3.8, 4) is 5.75 Å². The minimum absolute atomic E-state index is 0.295. The second kappa shape index (κ2) is 11.6. The summed E-state index contributed by atoms with van der Waals surface area (Å²) in [6.45, 7) is 11.2. The van der Waals surface area contributed by atoms with E-state index in [1.165, 1.54) is 11.1 Å². The van der Waals surface area contributed by atoms with Crippen LogP contribution in [0.25, 0.3) is 0 Å². The predicted molar refractivity (Wildman–Crippen MR) is 92.2 cm³/mol. The normalized spacial score (nSPS) is 10.5. The zero-order valence-corrected chi connectivity index (χ0v) is 14.8. The molecule has 0 aliphatic heterocycles. The van der Waals surface area contributed by atoms with E-state index in [0.717, 1.165) is 37.4 Å². The van der Waals surface area contributed by atoms with Crippen molar-refractivity contribution in [1.29, 1.82) is 0 Å². The van der Waals surface area contributed by atoms with Crippen LogP contribution >= 0.6 is 0 Å². The highest BCUT2D eigenvalue weighted by molar-refractivity contribution is 5.38. The van der Waals surface area contributed by atoms with Crippen LogP contribution in [-0.4, -0.2) is 18.8 Å². The van der Waals surface area contributed by atoms with Crippen molar-refractivity contribution in [3.05, 3.63) is 29.3 Å². The van der Waals surface area contributed by atoms with Gasteiger partial charge in [0.2, 0.25) is 0 Å². The van der Waals surface area contributed by atoms with Gasteiger partial charge in [-0.3, -0.25) is 0 Å². The summed E-state index contributed by atoms with van der Waals surface area (Å²) in [5.74, 6) is 2.37. The molecule has 0 fully saturated rings. The van der Waals surface area contributed by atoms with E-state index in [9.17, 15) is 0 Å². The third-order valence-corrected chi connectivity index (χ3v) is 3.08. The molecule has 21 heavy (non-hydrogen) atoms. The molecule has 0 aromatic heterocycles. The molecular formula is C19H34O2. The van der Waals surface area contributed by atoms with Crippen molar-refractivity contribution >= 4 is 0 Å². The average molecular weight is 294 g/mol. The molecular weight excluding hydrogens is 260 g/mol. The van der Waals surface area contributed by atoms with Crippen LogP contribution in [-0.2, 0) is 6.42 Å². The molecule has 1 N–H and O–H groups in total. The second-order valence-electron chi connectivity index (χ2n) is 6.49. The highest BCUT2D eigenvalue weighted by Crippen LogP contribution is 2.25. The number of hydrogen-bond donors (Lipinski definition) is 1. The maximum atomic E-state index is 8.76. The Morgan fingerprint density at radius 3 is 2.10 bits per heavy atom. The van der Waals surface area contributed by atoms with Gasteiger partial charge in [-0.05, 0) is 48.3 Å². The molecule has 0 saturated heterocycles. The molecule has 2 heteroatoms.